The van der Waals surface area contributed by atoms with Gasteiger partial charge in [-0.3, -0.25) is 0 Å². The molecule has 0 unspecified atom stereocenters. The van der Waals surface area contributed by atoms with Crippen molar-refractivity contribution in [3.63, 3.8) is 0 Å². The first-order chi connectivity index (χ1) is 25.0. The van der Waals surface area contributed by atoms with Crippen molar-refractivity contribution in [2.24, 2.45) is 0 Å². The first-order valence-corrected chi connectivity index (χ1v) is 19.0. The molecule has 1 aromatic heterocycles. The van der Waals surface area contributed by atoms with Crippen LogP contribution < -0.4 is 21.4 Å². The van der Waals surface area contributed by atoms with Crippen molar-refractivity contribution in [3.8, 4) is 28.1 Å². The standard InChI is InChI=1S/C49H47BN2/c1-30(2)34-26-35(31(3)4)28-38(27-34)51-43-29-36(49(6,7)8)22-23-42(43)50-46-41(24-32(5)25-44(46)51)39-20-15-21-40-45(39)48(50)52(37-18-13-10-14-19-37)47(40)33-16-11-9-12-17-33/h9-31H,1-8H3. The van der Waals surface area contributed by atoms with E-state index in [2.05, 4.69) is 192 Å². The number of para-hydroxylation sites is 1. The van der Waals surface area contributed by atoms with E-state index in [1.54, 1.807) is 0 Å². The Morgan fingerprint density at radius 1 is 0.596 bits per heavy atom. The minimum absolute atomic E-state index is 0.00121. The van der Waals surface area contributed by atoms with E-state index in [0.717, 1.165) is 0 Å². The second-order valence-corrected chi connectivity index (χ2v) is 16.7. The van der Waals surface area contributed by atoms with Gasteiger partial charge < -0.3 is 9.47 Å². The normalized spacial score (nSPS) is 13.3. The van der Waals surface area contributed by atoms with E-state index in [-0.39, 0.29) is 12.1 Å². The van der Waals surface area contributed by atoms with Crippen LogP contribution in [0.3, 0.4) is 0 Å². The maximum Gasteiger partial charge on any atom is 0.269 e. The molecule has 2 nitrogen and oxygen atoms in total. The molecule has 0 atom stereocenters. The largest absolute Gasteiger partial charge is 0.320 e. The smallest absolute Gasteiger partial charge is 0.269 e. The summed E-state index contributed by atoms with van der Waals surface area (Å²) < 4.78 is 2.59. The lowest BCUT2D eigenvalue weighted by Crippen LogP contribution is -2.61. The summed E-state index contributed by atoms with van der Waals surface area (Å²) in [6.45, 7) is 18.6. The zero-order valence-corrected chi connectivity index (χ0v) is 31.8. The van der Waals surface area contributed by atoms with E-state index in [9.17, 15) is 0 Å². The molecule has 0 bridgehead atoms. The van der Waals surface area contributed by atoms with Crippen LogP contribution >= 0.6 is 0 Å². The molecular weight excluding hydrogens is 627 g/mol. The second kappa shape index (κ2) is 11.9. The summed E-state index contributed by atoms with van der Waals surface area (Å²) in [4.78, 5) is 2.61. The van der Waals surface area contributed by atoms with Crippen molar-refractivity contribution in [1.82, 2.24) is 4.57 Å². The summed E-state index contributed by atoms with van der Waals surface area (Å²) in [6, 6.07) is 48.6. The number of aromatic nitrogens is 1. The lowest BCUT2D eigenvalue weighted by atomic mass is 9.33. The van der Waals surface area contributed by atoms with Gasteiger partial charge in [0.05, 0.1) is 5.69 Å². The molecule has 6 aromatic carbocycles. The third-order valence-electron chi connectivity index (χ3n) is 11.5. The second-order valence-electron chi connectivity index (χ2n) is 16.7. The third-order valence-corrected chi connectivity index (χ3v) is 11.5. The fourth-order valence-electron chi connectivity index (χ4n) is 8.84. The minimum Gasteiger partial charge on any atom is -0.320 e. The summed E-state index contributed by atoms with van der Waals surface area (Å²) >= 11 is 0. The summed E-state index contributed by atoms with van der Waals surface area (Å²) in [6.07, 6.45) is 0. The van der Waals surface area contributed by atoms with Crippen LogP contribution in [0.2, 0.25) is 0 Å². The Morgan fingerprint density at radius 3 is 1.92 bits per heavy atom. The van der Waals surface area contributed by atoms with E-state index >= 15 is 0 Å². The number of fused-ring (bicyclic) bond motifs is 4. The van der Waals surface area contributed by atoms with Crippen LogP contribution in [0, 0.1) is 6.92 Å². The molecular formula is C49H47BN2. The molecule has 2 aliphatic rings. The highest BCUT2D eigenvalue weighted by Crippen LogP contribution is 2.46. The Hall–Kier alpha value is -5.28. The molecule has 0 saturated heterocycles. The van der Waals surface area contributed by atoms with Crippen molar-refractivity contribution >= 4 is 51.1 Å². The van der Waals surface area contributed by atoms with Crippen molar-refractivity contribution in [3.05, 3.63) is 150 Å². The van der Waals surface area contributed by atoms with Gasteiger partial charge in [0.15, 0.2) is 0 Å². The molecule has 0 N–H and O–H groups in total. The highest BCUT2D eigenvalue weighted by Gasteiger charge is 2.44. The molecule has 52 heavy (non-hydrogen) atoms. The predicted octanol–water partition coefficient (Wildman–Crippen LogP) is 11.4. The van der Waals surface area contributed by atoms with Gasteiger partial charge in [-0.15, -0.1) is 0 Å². The predicted molar refractivity (Wildman–Crippen MR) is 225 cm³/mol. The maximum atomic E-state index is 2.61. The van der Waals surface area contributed by atoms with Gasteiger partial charge in [0.1, 0.15) is 0 Å². The van der Waals surface area contributed by atoms with Gasteiger partial charge in [-0.1, -0.05) is 139 Å². The quantitative estimate of drug-likeness (QED) is 0.165. The van der Waals surface area contributed by atoms with Gasteiger partial charge >= 0.3 is 0 Å². The monoisotopic (exact) mass is 674 g/mol. The molecule has 0 amide bonds. The van der Waals surface area contributed by atoms with E-state index < -0.39 is 0 Å². The maximum absolute atomic E-state index is 2.61. The molecule has 0 aliphatic carbocycles. The lowest BCUT2D eigenvalue weighted by molar-refractivity contribution is 0.590. The number of hydrogen-bond donors (Lipinski definition) is 0. The number of benzene rings is 6. The SMILES string of the molecule is Cc1cc2c3c(c1)N(c1cc(C(C)C)cc(C(C)C)c1)c1cc(C(C)(C)C)ccc1B3c1c3c-2cccc3c(-c2ccccc2)n1-c1ccccc1. The van der Waals surface area contributed by atoms with Crippen molar-refractivity contribution in [2.45, 2.75) is 72.6 Å². The van der Waals surface area contributed by atoms with Gasteiger partial charge in [-0.05, 0) is 110 Å². The van der Waals surface area contributed by atoms with Crippen molar-refractivity contribution in [2.75, 3.05) is 4.90 Å². The number of hydrogen-bond acceptors (Lipinski definition) is 1. The fourth-order valence-corrected chi connectivity index (χ4v) is 8.84. The summed E-state index contributed by atoms with van der Waals surface area (Å²) in [5.41, 5.74) is 19.7. The summed E-state index contributed by atoms with van der Waals surface area (Å²) in [5, 5.41) is 2.67. The fraction of sp³-hybridized carbons (Fsp3) is 0.224. The highest BCUT2D eigenvalue weighted by molar-refractivity contribution is 7.00. The molecule has 0 radical (unpaired) electrons. The molecule has 256 valence electrons. The topological polar surface area (TPSA) is 8.17 Å². The van der Waals surface area contributed by atoms with E-state index in [1.165, 1.54) is 94.7 Å². The van der Waals surface area contributed by atoms with Gasteiger partial charge in [0.25, 0.3) is 6.71 Å². The van der Waals surface area contributed by atoms with Crippen LogP contribution in [0.25, 0.3) is 38.8 Å². The van der Waals surface area contributed by atoms with Crippen LogP contribution in [0.1, 0.15) is 82.6 Å². The summed E-state index contributed by atoms with van der Waals surface area (Å²) in [5.74, 6) is 0.847. The highest BCUT2D eigenvalue weighted by atomic mass is 15.2. The van der Waals surface area contributed by atoms with E-state index in [4.69, 9.17) is 0 Å². The molecule has 3 heteroatoms. The average molecular weight is 675 g/mol. The Bertz CT molecular complexity index is 2490. The minimum atomic E-state index is -0.00121. The molecule has 0 fully saturated rings. The number of nitrogens with zero attached hydrogens (tertiary/aromatic N) is 2. The summed E-state index contributed by atoms with van der Waals surface area (Å²) in [7, 11) is 0. The Balaban J connectivity index is 1.45. The Morgan fingerprint density at radius 2 is 1.27 bits per heavy atom. The van der Waals surface area contributed by atoms with E-state index in [0.29, 0.717) is 11.8 Å². The third kappa shape index (κ3) is 4.93. The van der Waals surface area contributed by atoms with Gasteiger partial charge in [0, 0.05) is 39.1 Å². The van der Waals surface area contributed by atoms with E-state index in [1.807, 2.05) is 0 Å². The molecule has 0 saturated carbocycles. The number of anilines is 3. The van der Waals surface area contributed by atoms with Crippen molar-refractivity contribution in [1.29, 1.82) is 0 Å². The van der Waals surface area contributed by atoms with Gasteiger partial charge in [0.2, 0.25) is 0 Å². The van der Waals surface area contributed by atoms with Crippen LogP contribution in [0.15, 0.2) is 127 Å². The zero-order valence-electron chi connectivity index (χ0n) is 31.8. The zero-order chi connectivity index (χ0) is 36.1. The Kier molecular flexibility index (Phi) is 7.46. The molecule has 2 aliphatic heterocycles. The lowest BCUT2D eigenvalue weighted by Gasteiger charge is -2.41. The van der Waals surface area contributed by atoms with Gasteiger partial charge in [-0.2, -0.15) is 0 Å². The van der Waals surface area contributed by atoms with Crippen LogP contribution in [0.4, 0.5) is 17.1 Å². The van der Waals surface area contributed by atoms with Crippen LogP contribution in [-0.4, -0.2) is 11.3 Å². The Labute approximate surface area is 309 Å². The average Bonchev–Trinajstić information content (AvgIpc) is 3.48. The van der Waals surface area contributed by atoms with Crippen LogP contribution in [0.5, 0.6) is 0 Å². The van der Waals surface area contributed by atoms with Crippen LogP contribution in [-0.2, 0) is 5.41 Å². The molecule has 3 heterocycles. The van der Waals surface area contributed by atoms with Gasteiger partial charge in [-0.25, -0.2) is 0 Å². The molecule has 9 rings (SSSR count). The first kappa shape index (κ1) is 32.6. The molecule has 7 aromatic rings. The number of aryl methyl sites for hydroxylation is 1. The van der Waals surface area contributed by atoms with Crippen molar-refractivity contribution < 1.29 is 0 Å². The molecule has 0 spiro atoms. The first-order valence-electron chi connectivity index (χ1n) is 19.0. The number of rotatable bonds is 5.